The fourth-order valence-corrected chi connectivity index (χ4v) is 5.87. The van der Waals surface area contributed by atoms with Crippen molar-refractivity contribution in [2.45, 2.75) is 39.3 Å². The summed E-state index contributed by atoms with van der Waals surface area (Å²) in [6.45, 7) is 8.71. The number of aryl methyl sites for hydroxylation is 2. The number of rotatable bonds is 8. The largest absolute Gasteiger partial charge is 0.756 e. The molecular weight excluding hydrogens is 596 g/mol. The van der Waals surface area contributed by atoms with Crippen LogP contribution in [0.4, 0.5) is 24.7 Å². The number of aromatic nitrogens is 1. The molecule has 1 unspecified atom stereocenters. The number of phosphoric acid groups is 1. The minimum absolute atomic E-state index is 0.181. The number of halogens is 3. The third-order valence-electron chi connectivity index (χ3n) is 8.31. The highest BCUT2D eigenvalue weighted by Gasteiger charge is 2.38. The molecule has 2 aromatic carbocycles. The predicted molar refractivity (Wildman–Crippen MR) is 161 cm³/mol. The number of carbonyl (C=O) groups excluding carboxylic acids is 1. The SMILES string of the molecule is Cc1cc(C(F)(F)F)cc(C(C)(C)C(=O)N(C)c2cnc(N3CC[N+](C)(COP(=O)([O-])O)CC3)cc2-c2ccccc2C)c1. The highest BCUT2D eigenvalue weighted by Crippen LogP contribution is 2.39. The second-order valence-electron chi connectivity index (χ2n) is 12.2. The molecule has 238 valence electrons. The predicted octanol–water partition coefficient (Wildman–Crippen LogP) is 5.03. The molecule has 1 N–H and O–H groups in total. The lowest BCUT2D eigenvalue weighted by Crippen LogP contribution is -2.58. The van der Waals surface area contributed by atoms with Crippen molar-refractivity contribution < 1.29 is 41.3 Å². The molecule has 1 saturated heterocycles. The number of likely N-dealkylation sites (N-methyl/N-ethyl adjacent to an activating group) is 2. The molecular formula is C31H38F3N4O5P. The second-order valence-corrected chi connectivity index (χ2v) is 13.4. The number of pyridine rings is 1. The number of piperazine rings is 1. The Kier molecular flexibility index (Phi) is 9.36. The molecule has 1 fully saturated rings. The first-order chi connectivity index (χ1) is 20.3. The van der Waals surface area contributed by atoms with Crippen molar-refractivity contribution in [3.63, 3.8) is 0 Å². The van der Waals surface area contributed by atoms with E-state index in [1.165, 1.54) is 4.90 Å². The molecule has 0 aliphatic carbocycles. The van der Waals surface area contributed by atoms with Gasteiger partial charge in [0.25, 0.3) is 7.82 Å². The Labute approximate surface area is 255 Å². The summed E-state index contributed by atoms with van der Waals surface area (Å²) >= 11 is 0. The van der Waals surface area contributed by atoms with Crippen LogP contribution in [0.5, 0.6) is 0 Å². The molecule has 1 amide bonds. The third kappa shape index (κ3) is 7.50. The zero-order valence-corrected chi connectivity index (χ0v) is 26.6. The van der Waals surface area contributed by atoms with Crippen LogP contribution in [0.2, 0.25) is 0 Å². The summed E-state index contributed by atoms with van der Waals surface area (Å²) in [4.78, 5) is 42.3. The molecule has 0 radical (unpaired) electrons. The molecule has 1 aliphatic heterocycles. The second kappa shape index (κ2) is 12.3. The summed E-state index contributed by atoms with van der Waals surface area (Å²) in [5.41, 5.74) is 1.65. The molecule has 0 spiro atoms. The molecule has 1 aliphatic rings. The fourth-order valence-electron chi connectivity index (χ4n) is 5.45. The van der Waals surface area contributed by atoms with E-state index >= 15 is 0 Å². The van der Waals surface area contributed by atoms with Gasteiger partial charge in [-0.25, -0.2) is 4.98 Å². The Morgan fingerprint density at radius 1 is 1.09 bits per heavy atom. The minimum atomic E-state index is -4.83. The highest BCUT2D eigenvalue weighted by molar-refractivity contribution is 7.44. The van der Waals surface area contributed by atoms with E-state index in [0.29, 0.717) is 43.2 Å². The van der Waals surface area contributed by atoms with Gasteiger partial charge >= 0.3 is 6.18 Å². The van der Waals surface area contributed by atoms with Gasteiger partial charge in [0.15, 0.2) is 6.73 Å². The van der Waals surface area contributed by atoms with Crippen LogP contribution in [0.1, 0.15) is 36.1 Å². The van der Waals surface area contributed by atoms with Gasteiger partial charge in [-0.15, -0.1) is 0 Å². The molecule has 44 heavy (non-hydrogen) atoms. The number of amides is 1. The highest BCUT2D eigenvalue weighted by atomic mass is 31.2. The minimum Gasteiger partial charge on any atom is -0.756 e. The molecule has 0 bridgehead atoms. The van der Waals surface area contributed by atoms with Crippen LogP contribution in [0.3, 0.4) is 0 Å². The molecule has 0 saturated carbocycles. The standard InChI is InChI=1S/C31H38F3N4O5P/c1-21-15-23(17-24(16-21)31(32,33)34)30(3,4)29(39)36(5)27-19-35-28(18-26(27)25-10-8-7-9-22(25)2)37-11-13-38(6,14-12-37)20-43-44(40,41)42/h7-10,15-19H,11-14,20H2,1-6H3,(H-,40,41,42). The Hall–Kier alpha value is -3.28. The lowest BCUT2D eigenvalue weighted by atomic mass is 9.81. The maximum atomic E-state index is 14.0. The van der Waals surface area contributed by atoms with Crippen LogP contribution in [-0.2, 0) is 25.5 Å². The molecule has 3 aromatic rings. The van der Waals surface area contributed by atoms with Gasteiger partial charge in [0.05, 0.1) is 56.1 Å². The number of quaternary nitrogens is 1. The van der Waals surface area contributed by atoms with Gasteiger partial charge in [-0.3, -0.25) is 13.9 Å². The smallest absolute Gasteiger partial charge is 0.416 e. The molecule has 13 heteroatoms. The molecule has 4 rings (SSSR count). The van der Waals surface area contributed by atoms with Crippen molar-refractivity contribution in [2.24, 2.45) is 0 Å². The molecule has 2 heterocycles. The van der Waals surface area contributed by atoms with E-state index in [-0.39, 0.29) is 16.8 Å². The number of hydrogen-bond acceptors (Lipinski definition) is 6. The van der Waals surface area contributed by atoms with E-state index in [1.54, 1.807) is 40.1 Å². The van der Waals surface area contributed by atoms with E-state index < -0.39 is 30.9 Å². The van der Waals surface area contributed by atoms with E-state index in [1.807, 2.05) is 44.3 Å². The van der Waals surface area contributed by atoms with E-state index in [2.05, 4.69) is 14.4 Å². The maximum Gasteiger partial charge on any atom is 0.416 e. The van der Waals surface area contributed by atoms with E-state index in [0.717, 1.165) is 28.8 Å². The van der Waals surface area contributed by atoms with Crippen LogP contribution in [0.25, 0.3) is 11.1 Å². The van der Waals surface area contributed by atoms with Crippen LogP contribution in [0, 0.1) is 13.8 Å². The first-order valence-electron chi connectivity index (χ1n) is 14.1. The van der Waals surface area contributed by atoms with Crippen molar-refractivity contribution in [2.75, 3.05) is 56.8 Å². The first kappa shape index (κ1) is 33.6. The van der Waals surface area contributed by atoms with E-state index in [4.69, 9.17) is 4.89 Å². The lowest BCUT2D eigenvalue weighted by Gasteiger charge is -2.42. The number of alkyl halides is 3. The van der Waals surface area contributed by atoms with Crippen molar-refractivity contribution in [1.82, 2.24) is 4.98 Å². The third-order valence-corrected chi connectivity index (χ3v) is 8.75. The van der Waals surface area contributed by atoms with Gasteiger partial charge in [-0.05, 0) is 62.6 Å². The van der Waals surface area contributed by atoms with Crippen molar-refractivity contribution in [3.8, 4) is 11.1 Å². The van der Waals surface area contributed by atoms with E-state index in [9.17, 15) is 27.4 Å². The first-order valence-corrected chi connectivity index (χ1v) is 15.6. The van der Waals surface area contributed by atoms with Crippen LogP contribution < -0.4 is 14.7 Å². The normalized spacial score (nSPS) is 16.8. The number of benzene rings is 2. The Morgan fingerprint density at radius 2 is 1.70 bits per heavy atom. The molecule has 1 aromatic heterocycles. The number of nitrogens with zero attached hydrogens (tertiary/aromatic N) is 4. The van der Waals surface area contributed by atoms with Gasteiger partial charge < -0.3 is 24.1 Å². The average molecular weight is 635 g/mol. The summed E-state index contributed by atoms with van der Waals surface area (Å²) in [7, 11) is -1.39. The van der Waals surface area contributed by atoms with Crippen LogP contribution in [-0.4, -0.2) is 67.3 Å². The fraction of sp³-hybridized carbons (Fsp3) is 0.419. The van der Waals surface area contributed by atoms with Gasteiger partial charge in [0.1, 0.15) is 5.82 Å². The summed E-state index contributed by atoms with van der Waals surface area (Å²) in [5, 5.41) is 0. The number of anilines is 2. The summed E-state index contributed by atoms with van der Waals surface area (Å²) in [6.07, 6.45) is -2.94. The molecule has 9 nitrogen and oxygen atoms in total. The maximum absolute atomic E-state index is 14.0. The van der Waals surface area contributed by atoms with Crippen molar-refractivity contribution >= 4 is 25.2 Å². The van der Waals surface area contributed by atoms with Gasteiger partial charge in [-0.1, -0.05) is 35.9 Å². The molecule has 1 atom stereocenters. The van der Waals surface area contributed by atoms with Gasteiger partial charge in [0.2, 0.25) is 5.91 Å². The van der Waals surface area contributed by atoms with Gasteiger partial charge in [-0.2, -0.15) is 13.2 Å². The van der Waals surface area contributed by atoms with Crippen molar-refractivity contribution in [1.29, 1.82) is 0 Å². The van der Waals surface area contributed by atoms with Crippen LogP contribution in [0.15, 0.2) is 54.7 Å². The monoisotopic (exact) mass is 634 g/mol. The summed E-state index contributed by atoms with van der Waals surface area (Å²) in [6, 6.07) is 13.3. The number of phosphoric ester groups is 1. The van der Waals surface area contributed by atoms with Crippen LogP contribution >= 0.6 is 7.82 Å². The Bertz CT molecular complexity index is 1580. The Balaban J connectivity index is 1.68. The lowest BCUT2D eigenvalue weighted by molar-refractivity contribution is -0.925. The average Bonchev–Trinajstić information content (AvgIpc) is 2.95. The van der Waals surface area contributed by atoms with Crippen molar-refractivity contribution in [3.05, 3.63) is 77.0 Å². The summed E-state index contributed by atoms with van der Waals surface area (Å²) in [5.74, 6) is 0.260. The van der Waals surface area contributed by atoms with Gasteiger partial charge in [0, 0.05) is 12.6 Å². The number of carbonyl (C=O) groups is 1. The zero-order chi connectivity index (χ0) is 32.7. The zero-order valence-electron chi connectivity index (χ0n) is 25.7. The Morgan fingerprint density at radius 3 is 2.30 bits per heavy atom. The topological polar surface area (TPSA) is 106 Å². The quantitative estimate of drug-likeness (QED) is 0.274. The number of hydrogen-bond donors (Lipinski definition) is 1. The summed E-state index contributed by atoms with van der Waals surface area (Å²) < 4.78 is 56.9.